The maximum atomic E-state index is 12.7. The van der Waals surface area contributed by atoms with Gasteiger partial charge in [0.15, 0.2) is 0 Å². The van der Waals surface area contributed by atoms with Crippen LogP contribution in [-0.4, -0.2) is 51.9 Å². The molecule has 4 heterocycles. The Labute approximate surface area is 147 Å². The molecule has 6 nitrogen and oxygen atoms in total. The highest BCUT2D eigenvalue weighted by molar-refractivity contribution is 5.93. The Balaban J connectivity index is 1.55. The Hall–Kier alpha value is -2.50. The average Bonchev–Trinajstić information content (AvgIpc) is 3.09. The van der Waals surface area contributed by atoms with Gasteiger partial charge in [-0.15, -0.1) is 0 Å². The second-order valence-electron chi connectivity index (χ2n) is 6.76. The minimum atomic E-state index is 0.0475. The number of pyridine rings is 1. The number of hydrogen-bond acceptors (Lipinski definition) is 5. The van der Waals surface area contributed by atoms with E-state index in [1.54, 1.807) is 18.5 Å². The zero-order valence-electron chi connectivity index (χ0n) is 14.6. The molecule has 1 fully saturated rings. The first kappa shape index (κ1) is 16.0. The van der Waals surface area contributed by atoms with E-state index >= 15 is 0 Å². The molecule has 6 heteroatoms. The summed E-state index contributed by atoms with van der Waals surface area (Å²) in [6, 6.07) is 3.63. The highest BCUT2D eigenvalue weighted by atomic mass is 16.2. The third kappa shape index (κ3) is 3.21. The number of rotatable bonds is 2. The number of carbonyl (C=O) groups is 1. The number of aryl methyl sites for hydroxylation is 1. The second kappa shape index (κ2) is 6.78. The molecule has 1 amide bonds. The van der Waals surface area contributed by atoms with Crippen molar-refractivity contribution in [2.45, 2.75) is 32.6 Å². The summed E-state index contributed by atoms with van der Waals surface area (Å²) in [5, 5.41) is 0. The van der Waals surface area contributed by atoms with Crippen molar-refractivity contribution in [2.24, 2.45) is 0 Å². The van der Waals surface area contributed by atoms with Crippen molar-refractivity contribution >= 4 is 11.9 Å². The molecule has 0 bridgehead atoms. The lowest BCUT2D eigenvalue weighted by Gasteiger charge is -2.19. The second-order valence-corrected chi connectivity index (χ2v) is 6.76. The van der Waals surface area contributed by atoms with Crippen LogP contribution >= 0.6 is 0 Å². The third-order valence-electron chi connectivity index (χ3n) is 5.12. The minimum Gasteiger partial charge on any atom is -0.341 e. The van der Waals surface area contributed by atoms with Crippen LogP contribution in [0, 0.1) is 6.92 Å². The molecule has 0 spiro atoms. The number of anilines is 1. The summed E-state index contributed by atoms with van der Waals surface area (Å²) in [5.74, 6) is 0.909. The summed E-state index contributed by atoms with van der Waals surface area (Å²) in [4.78, 5) is 30.5. The van der Waals surface area contributed by atoms with Crippen molar-refractivity contribution in [1.82, 2.24) is 19.9 Å². The van der Waals surface area contributed by atoms with Crippen LogP contribution in [0.2, 0.25) is 0 Å². The molecule has 25 heavy (non-hydrogen) atoms. The summed E-state index contributed by atoms with van der Waals surface area (Å²) < 4.78 is 0. The smallest absolute Gasteiger partial charge is 0.255 e. The lowest BCUT2D eigenvalue weighted by Crippen LogP contribution is -2.33. The van der Waals surface area contributed by atoms with Gasteiger partial charge in [0, 0.05) is 50.7 Å². The molecule has 130 valence electrons. The predicted molar refractivity (Wildman–Crippen MR) is 95.8 cm³/mol. The number of hydrogen-bond donors (Lipinski definition) is 0. The van der Waals surface area contributed by atoms with Crippen LogP contribution in [0.4, 0.5) is 5.95 Å². The molecule has 2 aliphatic rings. The van der Waals surface area contributed by atoms with Crippen LogP contribution in [-0.2, 0) is 12.8 Å². The largest absolute Gasteiger partial charge is 0.341 e. The number of fused-ring (bicyclic) bond motifs is 1. The minimum absolute atomic E-state index is 0.0475. The Kier molecular flexibility index (Phi) is 4.34. The molecular weight excluding hydrogens is 314 g/mol. The van der Waals surface area contributed by atoms with Crippen molar-refractivity contribution < 1.29 is 4.79 Å². The molecule has 0 saturated carbocycles. The van der Waals surface area contributed by atoms with Crippen LogP contribution in [0.5, 0.6) is 0 Å². The van der Waals surface area contributed by atoms with E-state index in [0.717, 1.165) is 43.3 Å². The number of carbonyl (C=O) groups excluding carboxylic acids is 1. The van der Waals surface area contributed by atoms with Gasteiger partial charge >= 0.3 is 0 Å². The average molecular weight is 337 g/mol. The molecular formula is C19H23N5O. The van der Waals surface area contributed by atoms with Gasteiger partial charge in [-0.05, 0) is 43.9 Å². The maximum absolute atomic E-state index is 12.7. The fourth-order valence-corrected chi connectivity index (χ4v) is 3.70. The molecule has 0 atom stereocenters. The van der Waals surface area contributed by atoms with Crippen LogP contribution in [0.3, 0.4) is 0 Å². The topological polar surface area (TPSA) is 62.2 Å². The van der Waals surface area contributed by atoms with Gasteiger partial charge in [-0.3, -0.25) is 9.78 Å². The molecule has 4 rings (SSSR count). The number of aromatic nitrogens is 3. The van der Waals surface area contributed by atoms with Crippen LogP contribution < -0.4 is 4.90 Å². The van der Waals surface area contributed by atoms with Crippen molar-refractivity contribution in [3.63, 3.8) is 0 Å². The van der Waals surface area contributed by atoms with Crippen molar-refractivity contribution in [1.29, 1.82) is 0 Å². The van der Waals surface area contributed by atoms with E-state index in [1.807, 2.05) is 11.0 Å². The van der Waals surface area contributed by atoms with Gasteiger partial charge in [0.25, 0.3) is 5.91 Å². The molecule has 0 aliphatic carbocycles. The third-order valence-corrected chi connectivity index (χ3v) is 5.12. The highest BCUT2D eigenvalue weighted by Crippen LogP contribution is 2.23. The summed E-state index contributed by atoms with van der Waals surface area (Å²) in [6.45, 7) is 5.55. The van der Waals surface area contributed by atoms with Crippen LogP contribution in [0.25, 0.3) is 0 Å². The first-order chi connectivity index (χ1) is 12.2. The standard InChI is InChI=1S/C19H23N5O/c1-14-16-6-11-23(18(25)15-5-4-8-20-13-15)12-7-17(16)22-19(21-14)24-9-2-3-10-24/h4-5,8,13H,2-3,6-7,9-12H2,1H3. The monoisotopic (exact) mass is 337 g/mol. The Morgan fingerprint density at radius 2 is 1.88 bits per heavy atom. The molecule has 0 N–H and O–H groups in total. The summed E-state index contributed by atoms with van der Waals surface area (Å²) >= 11 is 0. The van der Waals surface area contributed by atoms with Crippen molar-refractivity contribution in [3.05, 3.63) is 47.0 Å². The van der Waals surface area contributed by atoms with E-state index in [1.165, 1.54) is 18.4 Å². The van der Waals surface area contributed by atoms with E-state index in [4.69, 9.17) is 9.97 Å². The maximum Gasteiger partial charge on any atom is 0.255 e. The van der Waals surface area contributed by atoms with Gasteiger partial charge in [0.05, 0.1) is 11.3 Å². The van der Waals surface area contributed by atoms with Crippen molar-refractivity contribution in [2.75, 3.05) is 31.1 Å². The molecule has 2 aromatic heterocycles. The van der Waals surface area contributed by atoms with Crippen LogP contribution in [0.1, 0.15) is 40.2 Å². The normalized spacial score (nSPS) is 17.3. The van der Waals surface area contributed by atoms with Gasteiger partial charge in [0.1, 0.15) is 0 Å². The highest BCUT2D eigenvalue weighted by Gasteiger charge is 2.24. The molecule has 0 aromatic carbocycles. The molecule has 0 unspecified atom stereocenters. The summed E-state index contributed by atoms with van der Waals surface area (Å²) in [7, 11) is 0. The number of nitrogens with zero attached hydrogens (tertiary/aromatic N) is 5. The van der Waals surface area contributed by atoms with Gasteiger partial charge in [-0.2, -0.15) is 0 Å². The zero-order valence-corrected chi connectivity index (χ0v) is 14.6. The first-order valence-corrected chi connectivity index (χ1v) is 9.03. The van der Waals surface area contributed by atoms with E-state index < -0.39 is 0 Å². The Morgan fingerprint density at radius 1 is 1.08 bits per heavy atom. The molecule has 2 aromatic rings. The van der Waals surface area contributed by atoms with E-state index in [-0.39, 0.29) is 5.91 Å². The Bertz CT molecular complexity index is 771. The van der Waals surface area contributed by atoms with Gasteiger partial charge in [0.2, 0.25) is 5.95 Å². The quantitative estimate of drug-likeness (QED) is 0.839. The lowest BCUT2D eigenvalue weighted by atomic mass is 10.1. The Morgan fingerprint density at radius 3 is 2.64 bits per heavy atom. The SMILES string of the molecule is Cc1nc(N2CCCC2)nc2c1CCN(C(=O)c1cccnc1)CC2. The first-order valence-electron chi connectivity index (χ1n) is 9.03. The summed E-state index contributed by atoms with van der Waals surface area (Å²) in [6.07, 6.45) is 7.35. The lowest BCUT2D eigenvalue weighted by molar-refractivity contribution is 0.0762. The fourth-order valence-electron chi connectivity index (χ4n) is 3.70. The van der Waals surface area contributed by atoms with Gasteiger partial charge in [-0.25, -0.2) is 9.97 Å². The van der Waals surface area contributed by atoms with E-state index in [9.17, 15) is 4.79 Å². The molecule has 0 radical (unpaired) electrons. The van der Waals surface area contributed by atoms with E-state index in [0.29, 0.717) is 18.7 Å². The number of amides is 1. The van der Waals surface area contributed by atoms with Crippen LogP contribution in [0.15, 0.2) is 24.5 Å². The van der Waals surface area contributed by atoms with E-state index in [2.05, 4.69) is 16.8 Å². The molecule has 2 aliphatic heterocycles. The van der Waals surface area contributed by atoms with Gasteiger partial charge in [-0.1, -0.05) is 0 Å². The van der Waals surface area contributed by atoms with Crippen molar-refractivity contribution in [3.8, 4) is 0 Å². The zero-order chi connectivity index (χ0) is 17.2. The fraction of sp³-hybridized carbons (Fsp3) is 0.474. The summed E-state index contributed by atoms with van der Waals surface area (Å²) in [5.41, 5.74) is 4.02. The molecule has 1 saturated heterocycles. The predicted octanol–water partition coefficient (Wildman–Crippen LogP) is 2.02. The van der Waals surface area contributed by atoms with Gasteiger partial charge < -0.3 is 9.80 Å².